The summed E-state index contributed by atoms with van der Waals surface area (Å²) in [5.41, 5.74) is 2.44. The van der Waals surface area contributed by atoms with Crippen LogP contribution in [-0.2, 0) is 4.79 Å². The van der Waals surface area contributed by atoms with E-state index >= 15 is 0 Å². The number of carbonyl (C=O) groups excluding carboxylic acids is 2. The Morgan fingerprint density at radius 2 is 2.03 bits per heavy atom. The molecule has 200 valence electrons. The number of carbonyl (C=O) groups is 2. The van der Waals surface area contributed by atoms with Crippen molar-refractivity contribution in [2.75, 3.05) is 37.7 Å². The van der Waals surface area contributed by atoms with E-state index in [-0.39, 0.29) is 53.4 Å². The van der Waals surface area contributed by atoms with E-state index in [4.69, 9.17) is 18.9 Å². The molecule has 2 bridgehead atoms. The molecule has 0 saturated carbocycles. The average molecular weight is 522 g/mol. The molecule has 5 heterocycles. The number of fused-ring (bicyclic) bond motifs is 4. The quantitative estimate of drug-likeness (QED) is 0.506. The Labute approximate surface area is 225 Å². The SMILES string of the molecule is [2H]C([2H])([2H])c1ccc2c(c1)C(=O)N1CCCCC1c1cc3nc(N4CC(O)C4)cc(n3n1)C(C)CCNC(=O)CO2. The van der Waals surface area contributed by atoms with Gasteiger partial charge in [-0.3, -0.25) is 9.59 Å². The van der Waals surface area contributed by atoms with E-state index in [1.54, 1.807) is 4.90 Å². The third kappa shape index (κ3) is 4.57. The van der Waals surface area contributed by atoms with Crippen molar-refractivity contribution in [3.63, 3.8) is 0 Å². The molecule has 0 spiro atoms. The molecule has 10 nitrogen and oxygen atoms in total. The summed E-state index contributed by atoms with van der Waals surface area (Å²) >= 11 is 0. The van der Waals surface area contributed by atoms with Crippen LogP contribution in [0, 0.1) is 6.85 Å². The van der Waals surface area contributed by atoms with Crippen molar-refractivity contribution in [1.29, 1.82) is 0 Å². The van der Waals surface area contributed by atoms with Crippen molar-refractivity contribution in [2.45, 2.75) is 57.5 Å². The Morgan fingerprint density at radius 1 is 1.16 bits per heavy atom. The van der Waals surface area contributed by atoms with E-state index in [2.05, 4.69) is 12.2 Å². The van der Waals surface area contributed by atoms with Gasteiger partial charge in [0.2, 0.25) is 0 Å². The van der Waals surface area contributed by atoms with Gasteiger partial charge in [-0.1, -0.05) is 18.6 Å². The van der Waals surface area contributed by atoms with Crippen LogP contribution in [0.15, 0.2) is 30.3 Å². The van der Waals surface area contributed by atoms with Crippen molar-refractivity contribution >= 4 is 23.3 Å². The molecule has 0 radical (unpaired) electrons. The second-order valence-corrected chi connectivity index (χ2v) is 10.5. The zero-order valence-electron chi connectivity index (χ0n) is 24.4. The van der Waals surface area contributed by atoms with E-state index in [0.717, 1.165) is 30.0 Å². The second kappa shape index (κ2) is 9.90. The van der Waals surface area contributed by atoms with Gasteiger partial charge >= 0.3 is 0 Å². The number of nitrogens with zero attached hydrogens (tertiary/aromatic N) is 5. The standard InChI is InChI=1S/C28H34N6O4/c1-17-6-7-24-20(11-17)28(37)33-10-4-3-5-22(33)21-12-26-30-25(32-14-19(35)15-32)13-23(34(26)31-21)18(2)8-9-29-27(36)16-38-24/h6-7,11-13,18-19,22,35H,3-5,8-10,14-16H2,1-2H3,(H,29,36)/i1D3. The first kappa shape index (κ1) is 21.3. The highest BCUT2D eigenvalue weighted by molar-refractivity contribution is 5.97. The van der Waals surface area contributed by atoms with Gasteiger partial charge in [-0.25, -0.2) is 9.50 Å². The molecule has 2 N–H and O–H groups in total. The van der Waals surface area contributed by atoms with Gasteiger partial charge in [0.1, 0.15) is 11.6 Å². The molecule has 2 amide bonds. The van der Waals surface area contributed by atoms with Gasteiger partial charge in [0.05, 0.1) is 29.1 Å². The van der Waals surface area contributed by atoms with Crippen LogP contribution in [0.5, 0.6) is 5.75 Å². The van der Waals surface area contributed by atoms with Crippen LogP contribution in [-0.4, -0.2) is 75.3 Å². The lowest BCUT2D eigenvalue weighted by atomic mass is 9.97. The van der Waals surface area contributed by atoms with Gasteiger partial charge in [-0.2, -0.15) is 5.10 Å². The lowest BCUT2D eigenvalue weighted by molar-refractivity contribution is -0.123. The van der Waals surface area contributed by atoms with Crippen molar-refractivity contribution in [2.24, 2.45) is 0 Å². The van der Waals surface area contributed by atoms with Crippen LogP contribution in [0.1, 0.15) is 76.0 Å². The summed E-state index contributed by atoms with van der Waals surface area (Å²) in [6, 6.07) is 7.80. The van der Waals surface area contributed by atoms with Gasteiger partial charge in [-0.05, 0) is 44.7 Å². The smallest absolute Gasteiger partial charge is 0.258 e. The zero-order chi connectivity index (χ0) is 28.9. The molecule has 2 saturated heterocycles. The molecule has 2 aromatic heterocycles. The zero-order valence-corrected chi connectivity index (χ0v) is 21.4. The fraction of sp³-hybridized carbons (Fsp3) is 0.500. The van der Waals surface area contributed by atoms with Gasteiger partial charge in [-0.15, -0.1) is 0 Å². The van der Waals surface area contributed by atoms with Crippen LogP contribution in [0.25, 0.3) is 5.65 Å². The number of ether oxygens (including phenoxy) is 1. The van der Waals surface area contributed by atoms with Crippen molar-refractivity contribution in [3.8, 4) is 5.75 Å². The number of hydrogen-bond donors (Lipinski definition) is 2. The van der Waals surface area contributed by atoms with Crippen LogP contribution in [0.4, 0.5) is 5.82 Å². The number of anilines is 1. The molecule has 3 aromatic rings. The molecule has 3 aliphatic heterocycles. The molecular formula is C28H34N6O4. The van der Waals surface area contributed by atoms with Crippen LogP contribution >= 0.6 is 0 Å². The van der Waals surface area contributed by atoms with E-state index in [9.17, 15) is 14.7 Å². The fourth-order valence-electron chi connectivity index (χ4n) is 5.55. The highest BCUT2D eigenvalue weighted by atomic mass is 16.5. The lowest BCUT2D eigenvalue weighted by Crippen LogP contribution is -2.51. The number of piperidine rings is 1. The normalized spacial score (nSPS) is 24.5. The number of aromatic nitrogens is 3. The van der Waals surface area contributed by atoms with Gasteiger partial charge in [0.25, 0.3) is 11.8 Å². The number of aliphatic hydroxyl groups excluding tert-OH is 1. The lowest BCUT2D eigenvalue weighted by Gasteiger charge is -2.37. The first-order chi connectivity index (χ1) is 19.6. The maximum Gasteiger partial charge on any atom is 0.258 e. The van der Waals surface area contributed by atoms with E-state index < -0.39 is 6.85 Å². The minimum Gasteiger partial charge on any atom is -0.483 e. The average Bonchev–Trinajstić information content (AvgIpc) is 3.36. The Hall–Kier alpha value is -3.66. The molecule has 6 rings (SSSR count). The number of aryl methyl sites for hydroxylation is 1. The Bertz CT molecular complexity index is 1490. The molecule has 2 atom stereocenters. The van der Waals surface area contributed by atoms with Gasteiger partial charge in [0, 0.05) is 48.3 Å². The largest absolute Gasteiger partial charge is 0.483 e. The molecule has 0 aliphatic carbocycles. The number of aliphatic hydroxyl groups is 1. The summed E-state index contributed by atoms with van der Waals surface area (Å²) in [5, 5.41) is 17.7. The summed E-state index contributed by atoms with van der Waals surface area (Å²) in [6.07, 6.45) is 2.68. The number of rotatable bonds is 1. The Kier molecular flexibility index (Phi) is 5.55. The summed E-state index contributed by atoms with van der Waals surface area (Å²) in [4.78, 5) is 35.4. The molecule has 38 heavy (non-hydrogen) atoms. The van der Waals surface area contributed by atoms with E-state index in [0.29, 0.717) is 44.7 Å². The maximum absolute atomic E-state index is 14.1. The van der Waals surface area contributed by atoms with Crippen LogP contribution in [0.3, 0.4) is 0 Å². The number of β-amino-alcohol motifs (C(OH)–C–C–N with tert-alkyl or cyclic N) is 1. The summed E-state index contributed by atoms with van der Waals surface area (Å²) in [7, 11) is 0. The van der Waals surface area contributed by atoms with Crippen molar-refractivity contribution < 1.29 is 23.5 Å². The van der Waals surface area contributed by atoms with Crippen molar-refractivity contribution in [3.05, 3.63) is 52.8 Å². The molecule has 2 unspecified atom stereocenters. The molecule has 10 heteroatoms. The van der Waals surface area contributed by atoms with E-state index in [1.807, 2.05) is 21.5 Å². The number of benzene rings is 1. The number of amides is 2. The monoisotopic (exact) mass is 521 g/mol. The predicted octanol–water partition coefficient (Wildman–Crippen LogP) is 2.59. The highest BCUT2D eigenvalue weighted by Crippen LogP contribution is 2.35. The van der Waals surface area contributed by atoms with Crippen molar-refractivity contribution in [1.82, 2.24) is 24.8 Å². The van der Waals surface area contributed by atoms with Gasteiger partial charge < -0.3 is 25.0 Å². The first-order valence-corrected chi connectivity index (χ1v) is 13.3. The fourth-order valence-corrected chi connectivity index (χ4v) is 5.55. The predicted molar refractivity (Wildman–Crippen MR) is 142 cm³/mol. The molecule has 2 fully saturated rings. The Balaban J connectivity index is 1.46. The maximum atomic E-state index is 14.1. The molecule has 3 aliphatic rings. The Morgan fingerprint density at radius 3 is 2.84 bits per heavy atom. The molecule has 1 aromatic carbocycles. The number of hydrogen-bond acceptors (Lipinski definition) is 7. The van der Waals surface area contributed by atoms with Crippen LogP contribution < -0.4 is 15.0 Å². The van der Waals surface area contributed by atoms with Crippen LogP contribution in [0.2, 0.25) is 0 Å². The molecular weight excluding hydrogens is 484 g/mol. The minimum atomic E-state index is -2.41. The summed E-state index contributed by atoms with van der Waals surface area (Å²) < 4.78 is 31.2. The van der Waals surface area contributed by atoms with Gasteiger partial charge in [0.15, 0.2) is 12.3 Å². The third-order valence-corrected chi connectivity index (χ3v) is 7.72. The number of nitrogens with one attached hydrogen (secondary N) is 1. The second-order valence-electron chi connectivity index (χ2n) is 10.5. The first-order valence-electron chi connectivity index (χ1n) is 14.8. The minimum absolute atomic E-state index is 0.0236. The van der Waals surface area contributed by atoms with E-state index in [1.165, 1.54) is 18.2 Å². The summed E-state index contributed by atoms with van der Waals surface area (Å²) in [6.45, 7) is 1.27. The summed E-state index contributed by atoms with van der Waals surface area (Å²) in [5.74, 6) is 0.250. The third-order valence-electron chi connectivity index (χ3n) is 7.72. The topological polar surface area (TPSA) is 112 Å². The highest BCUT2D eigenvalue weighted by Gasteiger charge is 2.33.